The summed E-state index contributed by atoms with van der Waals surface area (Å²) in [5.74, 6) is 0. The predicted molar refractivity (Wildman–Crippen MR) is 44.4 cm³/mol. The molecule has 0 radical (unpaired) electrons. The van der Waals surface area contributed by atoms with E-state index in [0.717, 1.165) is 0 Å². The fourth-order valence-electron chi connectivity index (χ4n) is 0.306. The minimum atomic E-state index is -1.11. The zero-order valence-electron chi connectivity index (χ0n) is 7.41. The molecule has 0 bridgehead atoms. The first-order valence-corrected chi connectivity index (χ1v) is 6.86. The summed E-state index contributed by atoms with van der Waals surface area (Å²) in [6, 6.07) is 0. The molecule has 0 saturated carbocycles. The van der Waals surface area contributed by atoms with Crippen molar-refractivity contribution in [2.75, 3.05) is 7.11 Å². The van der Waals surface area contributed by atoms with Crippen LogP contribution < -0.4 is 0 Å². The lowest BCUT2D eigenvalue weighted by atomic mass is 10.5. The van der Waals surface area contributed by atoms with Crippen molar-refractivity contribution in [3.8, 4) is 0 Å². The topological polar surface area (TPSA) is 9.23 Å². The van der Waals surface area contributed by atoms with E-state index in [1.165, 1.54) is 0 Å². The molecule has 0 unspecified atom stereocenters. The van der Waals surface area contributed by atoms with Crippen molar-refractivity contribution >= 4 is 8.07 Å². The molecular formula is C7H18OSi. The van der Waals surface area contributed by atoms with Crippen molar-refractivity contribution < 1.29 is 4.74 Å². The van der Waals surface area contributed by atoms with Gasteiger partial charge in [0, 0.05) is 7.11 Å². The van der Waals surface area contributed by atoms with Gasteiger partial charge < -0.3 is 4.74 Å². The highest BCUT2D eigenvalue weighted by atomic mass is 28.3. The summed E-state index contributed by atoms with van der Waals surface area (Å²) in [5, 5.41) is 0.118. The zero-order valence-corrected chi connectivity index (χ0v) is 8.41. The molecule has 0 aliphatic heterocycles. The number of hydrogen-bond donors (Lipinski definition) is 0. The number of hydrogen-bond acceptors (Lipinski definition) is 1. The SMILES string of the molecule is COC(C)(C)[Si](C)(C)C. The fraction of sp³-hybridized carbons (Fsp3) is 1.00. The van der Waals surface area contributed by atoms with Gasteiger partial charge in [0.05, 0.1) is 13.3 Å². The van der Waals surface area contributed by atoms with Crippen LogP contribution in [0.2, 0.25) is 19.6 Å². The molecule has 0 saturated heterocycles. The van der Waals surface area contributed by atoms with Gasteiger partial charge in [-0.15, -0.1) is 0 Å². The van der Waals surface area contributed by atoms with Crippen LogP contribution in [0.3, 0.4) is 0 Å². The Hall–Kier alpha value is 0.177. The molecule has 0 aromatic rings. The second-order valence-corrected chi connectivity index (χ2v) is 9.67. The molecule has 2 heteroatoms. The van der Waals surface area contributed by atoms with Crippen LogP contribution in [0.25, 0.3) is 0 Å². The molecule has 0 aliphatic rings. The summed E-state index contributed by atoms with van der Waals surface area (Å²) in [6.07, 6.45) is 0. The van der Waals surface area contributed by atoms with E-state index in [1.54, 1.807) is 7.11 Å². The Morgan fingerprint density at radius 1 is 1.11 bits per heavy atom. The van der Waals surface area contributed by atoms with Crippen LogP contribution >= 0.6 is 0 Å². The lowest BCUT2D eigenvalue weighted by Gasteiger charge is -2.35. The van der Waals surface area contributed by atoms with Crippen LogP contribution in [-0.2, 0) is 4.74 Å². The Kier molecular flexibility index (Phi) is 2.47. The summed E-state index contributed by atoms with van der Waals surface area (Å²) in [4.78, 5) is 0. The van der Waals surface area contributed by atoms with Crippen molar-refractivity contribution in [1.29, 1.82) is 0 Å². The summed E-state index contributed by atoms with van der Waals surface area (Å²) >= 11 is 0. The molecule has 0 heterocycles. The molecule has 0 aromatic heterocycles. The Bertz CT molecular complexity index is 91.6. The van der Waals surface area contributed by atoms with Gasteiger partial charge in [0.2, 0.25) is 0 Å². The van der Waals surface area contributed by atoms with Gasteiger partial charge in [-0.3, -0.25) is 0 Å². The van der Waals surface area contributed by atoms with Crippen molar-refractivity contribution in [3.63, 3.8) is 0 Å². The predicted octanol–water partition coefficient (Wildman–Crippen LogP) is 2.29. The van der Waals surface area contributed by atoms with Crippen molar-refractivity contribution in [2.24, 2.45) is 0 Å². The van der Waals surface area contributed by atoms with Gasteiger partial charge in [-0.1, -0.05) is 19.6 Å². The highest BCUT2D eigenvalue weighted by Gasteiger charge is 2.34. The fourth-order valence-corrected chi connectivity index (χ4v) is 0.919. The van der Waals surface area contributed by atoms with Crippen LogP contribution in [0.4, 0.5) is 0 Å². The minimum Gasteiger partial charge on any atom is -0.382 e. The van der Waals surface area contributed by atoms with Gasteiger partial charge in [0.25, 0.3) is 0 Å². The second kappa shape index (κ2) is 2.43. The maximum absolute atomic E-state index is 5.36. The molecule has 0 N–H and O–H groups in total. The second-order valence-electron chi connectivity index (χ2n) is 3.96. The first-order valence-electron chi connectivity index (χ1n) is 3.36. The molecule has 0 spiro atoms. The van der Waals surface area contributed by atoms with Crippen LogP contribution in [-0.4, -0.2) is 20.4 Å². The maximum Gasteiger partial charge on any atom is 0.0816 e. The standard InChI is InChI=1S/C7H18OSi/c1-7(2,8-3)9(4,5)6/h1-6H3. The quantitative estimate of drug-likeness (QED) is 0.543. The monoisotopic (exact) mass is 146 g/mol. The van der Waals surface area contributed by atoms with E-state index in [4.69, 9.17) is 4.74 Å². The highest BCUT2D eigenvalue weighted by molar-refractivity contribution is 6.78. The lowest BCUT2D eigenvalue weighted by Crippen LogP contribution is -2.48. The summed E-state index contributed by atoms with van der Waals surface area (Å²) in [5.41, 5.74) is 0. The minimum absolute atomic E-state index is 0.118. The van der Waals surface area contributed by atoms with Crippen LogP contribution in [0.1, 0.15) is 13.8 Å². The van der Waals surface area contributed by atoms with E-state index in [2.05, 4.69) is 33.5 Å². The van der Waals surface area contributed by atoms with E-state index in [9.17, 15) is 0 Å². The van der Waals surface area contributed by atoms with Crippen molar-refractivity contribution in [1.82, 2.24) is 0 Å². The van der Waals surface area contributed by atoms with Gasteiger partial charge >= 0.3 is 0 Å². The molecular weight excluding hydrogens is 128 g/mol. The molecule has 0 rings (SSSR count). The van der Waals surface area contributed by atoms with Gasteiger partial charge in [0.15, 0.2) is 0 Å². The molecule has 1 nitrogen and oxygen atoms in total. The third-order valence-electron chi connectivity index (χ3n) is 2.32. The maximum atomic E-state index is 5.36. The Balaban J connectivity index is 4.14. The van der Waals surface area contributed by atoms with E-state index in [-0.39, 0.29) is 5.22 Å². The van der Waals surface area contributed by atoms with Crippen molar-refractivity contribution in [3.05, 3.63) is 0 Å². The Morgan fingerprint density at radius 2 is 1.44 bits per heavy atom. The van der Waals surface area contributed by atoms with Crippen LogP contribution in [0.15, 0.2) is 0 Å². The van der Waals surface area contributed by atoms with E-state index >= 15 is 0 Å². The zero-order chi connectivity index (χ0) is 7.71. The molecule has 9 heavy (non-hydrogen) atoms. The highest BCUT2D eigenvalue weighted by Crippen LogP contribution is 2.22. The van der Waals surface area contributed by atoms with Gasteiger partial charge in [0.1, 0.15) is 0 Å². The van der Waals surface area contributed by atoms with Crippen molar-refractivity contribution in [2.45, 2.75) is 38.7 Å². The molecule has 0 amide bonds. The normalized spacial score (nSPS) is 14.0. The first-order chi connectivity index (χ1) is 3.81. The van der Waals surface area contributed by atoms with Crippen LogP contribution in [0, 0.1) is 0 Å². The Morgan fingerprint density at radius 3 is 1.44 bits per heavy atom. The van der Waals surface area contributed by atoms with E-state index in [1.807, 2.05) is 0 Å². The summed E-state index contributed by atoms with van der Waals surface area (Å²) in [7, 11) is 0.683. The first kappa shape index (κ1) is 9.18. The molecule has 0 aromatic carbocycles. The molecule has 0 fully saturated rings. The number of ether oxygens (including phenoxy) is 1. The third-order valence-corrected chi connectivity index (χ3v) is 6.13. The summed E-state index contributed by atoms with van der Waals surface area (Å²) < 4.78 is 5.36. The number of methoxy groups -OCH3 is 1. The van der Waals surface area contributed by atoms with Crippen LogP contribution in [0.5, 0.6) is 0 Å². The lowest BCUT2D eigenvalue weighted by molar-refractivity contribution is 0.0854. The average Bonchev–Trinajstić information content (AvgIpc) is 1.64. The average molecular weight is 146 g/mol. The molecule has 0 atom stereocenters. The summed E-state index contributed by atoms with van der Waals surface area (Å²) in [6.45, 7) is 11.3. The van der Waals surface area contributed by atoms with E-state index < -0.39 is 8.07 Å². The third kappa shape index (κ3) is 2.10. The molecule has 0 aliphatic carbocycles. The van der Waals surface area contributed by atoms with Gasteiger partial charge in [-0.2, -0.15) is 0 Å². The molecule has 56 valence electrons. The smallest absolute Gasteiger partial charge is 0.0816 e. The Labute approximate surface area is 59.4 Å². The van der Waals surface area contributed by atoms with Gasteiger partial charge in [-0.05, 0) is 13.8 Å². The largest absolute Gasteiger partial charge is 0.382 e. The van der Waals surface area contributed by atoms with E-state index in [0.29, 0.717) is 0 Å². The van der Waals surface area contributed by atoms with Gasteiger partial charge in [-0.25, -0.2) is 0 Å². The number of rotatable bonds is 2.